The molecule has 0 saturated heterocycles. The lowest BCUT2D eigenvalue weighted by molar-refractivity contribution is 0.0995. The molecule has 3 aromatic heterocycles. The number of hydrogen-bond donors (Lipinski definition) is 1. The van der Waals surface area contributed by atoms with E-state index in [9.17, 15) is 4.79 Å². The summed E-state index contributed by atoms with van der Waals surface area (Å²) in [6, 6.07) is 5.43. The van der Waals surface area contributed by atoms with Crippen LogP contribution in [-0.4, -0.2) is 25.7 Å². The molecule has 7 nitrogen and oxygen atoms in total. The van der Waals surface area contributed by atoms with Crippen molar-refractivity contribution >= 4 is 27.8 Å². The molecule has 3 aromatic rings. The maximum Gasteiger partial charge on any atom is 0.294 e. The monoisotopic (exact) mass is 347 g/mol. The van der Waals surface area contributed by atoms with Crippen molar-refractivity contribution in [2.24, 2.45) is 0 Å². The first-order valence-electron chi connectivity index (χ1n) is 6.05. The van der Waals surface area contributed by atoms with Crippen LogP contribution in [-0.2, 0) is 6.54 Å². The highest BCUT2D eigenvalue weighted by atomic mass is 79.9. The van der Waals surface area contributed by atoms with E-state index in [-0.39, 0.29) is 11.7 Å². The Morgan fingerprint density at radius 3 is 3.05 bits per heavy atom. The molecule has 1 N–H and O–H groups in total. The van der Waals surface area contributed by atoms with E-state index in [4.69, 9.17) is 4.42 Å². The number of nitrogens with one attached hydrogen (secondary N) is 1. The lowest BCUT2D eigenvalue weighted by Gasteiger charge is -2.00. The summed E-state index contributed by atoms with van der Waals surface area (Å²) in [5.41, 5.74) is 0.994. The second-order valence-electron chi connectivity index (χ2n) is 4.18. The van der Waals surface area contributed by atoms with E-state index in [0.717, 1.165) is 5.56 Å². The first-order chi connectivity index (χ1) is 10.2. The lowest BCUT2D eigenvalue weighted by atomic mass is 10.3. The van der Waals surface area contributed by atoms with E-state index in [0.29, 0.717) is 11.0 Å². The molecule has 21 heavy (non-hydrogen) atoms. The van der Waals surface area contributed by atoms with Gasteiger partial charge in [-0.15, -0.1) is 5.10 Å². The van der Waals surface area contributed by atoms with E-state index >= 15 is 0 Å². The highest BCUT2D eigenvalue weighted by Gasteiger charge is 2.15. The number of hydrogen-bond acceptors (Lipinski definition) is 5. The Bertz CT molecular complexity index is 753. The molecular formula is C13H10BrN5O2. The van der Waals surface area contributed by atoms with Crippen LogP contribution in [0.1, 0.15) is 16.1 Å². The predicted octanol–water partition coefficient (Wildman–Crippen LogP) is 2.33. The van der Waals surface area contributed by atoms with E-state index in [2.05, 4.69) is 36.3 Å². The third-order valence-corrected chi connectivity index (χ3v) is 3.28. The van der Waals surface area contributed by atoms with Crippen LogP contribution in [0.5, 0.6) is 0 Å². The number of pyridine rings is 1. The van der Waals surface area contributed by atoms with Gasteiger partial charge < -0.3 is 4.42 Å². The average Bonchev–Trinajstić information content (AvgIpc) is 3.09. The average molecular weight is 348 g/mol. The molecule has 0 aliphatic heterocycles. The van der Waals surface area contributed by atoms with Crippen LogP contribution in [0.3, 0.4) is 0 Å². The molecule has 106 valence electrons. The largest absolute Gasteiger partial charge is 0.458 e. The first-order valence-corrected chi connectivity index (χ1v) is 6.84. The fraction of sp³-hybridized carbons (Fsp3) is 0.0769. The number of carbonyl (C=O) groups excluding carboxylic acids is 1. The van der Waals surface area contributed by atoms with E-state index < -0.39 is 5.91 Å². The quantitative estimate of drug-likeness (QED) is 0.782. The van der Waals surface area contributed by atoms with Gasteiger partial charge in [-0.25, -0.2) is 9.67 Å². The second kappa shape index (κ2) is 5.88. The summed E-state index contributed by atoms with van der Waals surface area (Å²) in [4.78, 5) is 20.0. The molecule has 3 heterocycles. The smallest absolute Gasteiger partial charge is 0.294 e. The summed E-state index contributed by atoms with van der Waals surface area (Å²) in [6.07, 6.45) is 6.42. The Kier molecular flexibility index (Phi) is 3.78. The predicted molar refractivity (Wildman–Crippen MR) is 77.7 cm³/mol. The van der Waals surface area contributed by atoms with Crippen molar-refractivity contribution < 1.29 is 9.21 Å². The molecule has 0 unspecified atom stereocenters. The highest BCUT2D eigenvalue weighted by molar-refractivity contribution is 9.10. The Hall–Kier alpha value is -2.48. The van der Waals surface area contributed by atoms with Gasteiger partial charge in [0.1, 0.15) is 6.33 Å². The van der Waals surface area contributed by atoms with Gasteiger partial charge in [-0.1, -0.05) is 6.07 Å². The van der Waals surface area contributed by atoms with Crippen LogP contribution in [0.2, 0.25) is 0 Å². The topological polar surface area (TPSA) is 85.8 Å². The van der Waals surface area contributed by atoms with Gasteiger partial charge in [-0.3, -0.25) is 15.1 Å². The SMILES string of the molecule is O=C(Nc1ncn(Cc2cccnc2)n1)c1occc1Br. The number of aromatic nitrogens is 4. The van der Waals surface area contributed by atoms with Crippen molar-refractivity contribution in [3.8, 4) is 0 Å². The van der Waals surface area contributed by atoms with Crippen molar-refractivity contribution in [3.63, 3.8) is 0 Å². The molecule has 0 atom stereocenters. The molecule has 0 aromatic carbocycles. The van der Waals surface area contributed by atoms with Crippen LogP contribution in [0.4, 0.5) is 5.95 Å². The van der Waals surface area contributed by atoms with E-state index in [1.54, 1.807) is 29.5 Å². The van der Waals surface area contributed by atoms with Gasteiger partial charge in [0.15, 0.2) is 0 Å². The van der Waals surface area contributed by atoms with Gasteiger partial charge in [0, 0.05) is 12.4 Å². The minimum Gasteiger partial charge on any atom is -0.458 e. The molecule has 0 aliphatic carbocycles. The Morgan fingerprint density at radius 2 is 2.33 bits per heavy atom. The third kappa shape index (κ3) is 3.16. The number of halogens is 1. The number of furan rings is 1. The molecule has 1 amide bonds. The Labute approximate surface area is 128 Å². The van der Waals surface area contributed by atoms with Crippen molar-refractivity contribution in [3.05, 3.63) is 59.0 Å². The summed E-state index contributed by atoms with van der Waals surface area (Å²) >= 11 is 3.22. The molecular weight excluding hydrogens is 338 g/mol. The van der Waals surface area contributed by atoms with E-state index in [1.807, 2.05) is 12.1 Å². The summed E-state index contributed by atoms with van der Waals surface area (Å²) in [5.74, 6) is -0.0168. The van der Waals surface area contributed by atoms with E-state index in [1.165, 1.54) is 6.26 Å². The van der Waals surface area contributed by atoms with Crippen molar-refractivity contribution in [1.29, 1.82) is 0 Å². The zero-order valence-electron chi connectivity index (χ0n) is 10.7. The number of carbonyl (C=O) groups is 1. The van der Waals surface area contributed by atoms with Crippen LogP contribution in [0.25, 0.3) is 0 Å². The zero-order valence-corrected chi connectivity index (χ0v) is 12.3. The molecule has 0 aliphatic rings. The molecule has 0 fully saturated rings. The van der Waals surface area contributed by atoms with Gasteiger partial charge >= 0.3 is 0 Å². The van der Waals surface area contributed by atoms with Crippen LogP contribution < -0.4 is 5.32 Å². The number of anilines is 1. The minimum atomic E-state index is -0.411. The van der Waals surface area contributed by atoms with Crippen LogP contribution >= 0.6 is 15.9 Å². The van der Waals surface area contributed by atoms with Gasteiger partial charge in [-0.05, 0) is 33.6 Å². The van der Waals surface area contributed by atoms with Gasteiger partial charge in [-0.2, -0.15) is 0 Å². The second-order valence-corrected chi connectivity index (χ2v) is 5.03. The molecule has 0 saturated carbocycles. The van der Waals surface area contributed by atoms with Crippen molar-refractivity contribution in [2.75, 3.05) is 5.32 Å². The fourth-order valence-corrected chi connectivity index (χ4v) is 2.10. The van der Waals surface area contributed by atoms with Gasteiger partial charge in [0.05, 0.1) is 17.3 Å². The molecule has 3 rings (SSSR count). The molecule has 0 bridgehead atoms. The minimum absolute atomic E-state index is 0.179. The van der Waals surface area contributed by atoms with Gasteiger partial charge in [0.2, 0.25) is 11.7 Å². The standard InChI is InChI=1S/C13H10BrN5O2/c14-10-3-5-21-11(10)12(20)17-13-16-8-19(18-13)7-9-2-1-4-15-6-9/h1-6,8H,7H2,(H,17,18,20). The third-order valence-electron chi connectivity index (χ3n) is 2.65. The molecule has 8 heteroatoms. The van der Waals surface area contributed by atoms with Crippen LogP contribution in [0.15, 0.2) is 52.1 Å². The molecule has 0 radical (unpaired) electrons. The first kappa shape index (κ1) is 13.5. The number of amides is 1. The summed E-state index contributed by atoms with van der Waals surface area (Å²) < 4.78 is 7.26. The highest BCUT2D eigenvalue weighted by Crippen LogP contribution is 2.18. The van der Waals surface area contributed by atoms with Crippen LogP contribution in [0, 0.1) is 0 Å². The van der Waals surface area contributed by atoms with Crippen molar-refractivity contribution in [1.82, 2.24) is 19.7 Å². The summed E-state index contributed by atoms with van der Waals surface area (Å²) in [5, 5.41) is 6.74. The fourth-order valence-electron chi connectivity index (χ4n) is 1.72. The maximum atomic E-state index is 11.9. The zero-order chi connectivity index (χ0) is 14.7. The lowest BCUT2D eigenvalue weighted by Crippen LogP contribution is -2.13. The Morgan fingerprint density at radius 1 is 1.43 bits per heavy atom. The Balaban J connectivity index is 1.68. The van der Waals surface area contributed by atoms with Crippen molar-refractivity contribution in [2.45, 2.75) is 6.54 Å². The summed E-state index contributed by atoms with van der Waals surface area (Å²) in [6.45, 7) is 0.529. The molecule has 0 spiro atoms. The number of rotatable bonds is 4. The number of nitrogens with zero attached hydrogens (tertiary/aromatic N) is 4. The normalized spacial score (nSPS) is 10.5. The summed E-state index contributed by atoms with van der Waals surface area (Å²) in [7, 11) is 0. The van der Waals surface area contributed by atoms with Gasteiger partial charge in [0.25, 0.3) is 5.91 Å². The maximum absolute atomic E-state index is 11.9.